The second-order valence-electron chi connectivity index (χ2n) is 6.42. The number of benzene rings is 1. The number of aromatic nitrogens is 2. The Morgan fingerprint density at radius 1 is 1.16 bits per heavy atom. The van der Waals surface area contributed by atoms with Gasteiger partial charge in [-0.2, -0.15) is 13.2 Å². The third kappa shape index (κ3) is 4.44. The van der Waals surface area contributed by atoms with E-state index in [4.69, 9.17) is 13.1 Å². The standard InChI is InChI=1S/C17H14F3N8O2S/c1-21-14-15(22-2)27(3)16(23-14)25-24-12-7-6-11(28-8-4-5-9-28)10-13(12)26-31(29,30)17(18,19)20/h6-7,10H,4-5,8-9H2,3H3/q-1. The maximum atomic E-state index is 12.9. The third-order valence-corrected chi connectivity index (χ3v) is 5.45. The molecule has 1 fully saturated rings. The van der Waals surface area contributed by atoms with Gasteiger partial charge >= 0.3 is 11.5 Å². The first kappa shape index (κ1) is 22.0. The van der Waals surface area contributed by atoms with Crippen molar-refractivity contribution in [2.45, 2.75) is 18.3 Å². The second kappa shape index (κ2) is 8.23. The lowest BCUT2D eigenvalue weighted by Gasteiger charge is -2.27. The maximum Gasteiger partial charge on any atom is 0.483 e. The van der Waals surface area contributed by atoms with Gasteiger partial charge in [0.25, 0.3) is 11.6 Å². The average molecular weight is 451 g/mol. The zero-order chi connectivity index (χ0) is 22.8. The molecule has 1 aromatic carbocycles. The van der Waals surface area contributed by atoms with Crippen LogP contribution in [0.2, 0.25) is 0 Å². The van der Waals surface area contributed by atoms with Gasteiger partial charge < -0.3 is 19.3 Å². The number of hydrogen-bond acceptors (Lipinski definition) is 6. The van der Waals surface area contributed by atoms with Crippen molar-refractivity contribution in [3.05, 3.63) is 45.8 Å². The van der Waals surface area contributed by atoms with E-state index in [1.54, 1.807) is 6.07 Å². The summed E-state index contributed by atoms with van der Waals surface area (Å²) < 4.78 is 65.9. The fourth-order valence-corrected chi connectivity index (χ4v) is 3.38. The highest BCUT2D eigenvalue weighted by atomic mass is 32.2. The Morgan fingerprint density at radius 3 is 2.39 bits per heavy atom. The van der Waals surface area contributed by atoms with Gasteiger partial charge in [-0.25, -0.2) is 13.0 Å². The highest BCUT2D eigenvalue weighted by Gasteiger charge is 2.39. The molecular weight excluding hydrogens is 437 g/mol. The highest BCUT2D eigenvalue weighted by molar-refractivity contribution is 7.95. The normalized spacial score (nSPS) is 14.6. The smallest absolute Gasteiger partial charge is 0.483 e. The lowest BCUT2D eigenvalue weighted by atomic mass is 10.2. The van der Waals surface area contributed by atoms with E-state index in [-0.39, 0.29) is 23.3 Å². The summed E-state index contributed by atoms with van der Waals surface area (Å²) in [5.74, 6) is -0.441. The van der Waals surface area contributed by atoms with Crippen LogP contribution < -0.4 is 4.90 Å². The van der Waals surface area contributed by atoms with Gasteiger partial charge in [0, 0.05) is 18.8 Å². The van der Waals surface area contributed by atoms with Crippen LogP contribution in [0.5, 0.6) is 0 Å². The summed E-state index contributed by atoms with van der Waals surface area (Å²) in [7, 11) is -4.39. The van der Waals surface area contributed by atoms with Gasteiger partial charge in [0.15, 0.2) is 10.0 Å². The quantitative estimate of drug-likeness (QED) is 0.449. The number of azo groups is 1. The van der Waals surface area contributed by atoms with Crippen LogP contribution in [0.4, 0.5) is 47.8 Å². The molecule has 10 nitrogen and oxygen atoms in total. The van der Waals surface area contributed by atoms with E-state index in [1.807, 2.05) is 4.90 Å². The molecule has 0 saturated carbocycles. The number of halogens is 3. The Morgan fingerprint density at radius 2 is 1.84 bits per heavy atom. The molecule has 1 aliphatic heterocycles. The Labute approximate surface area is 175 Å². The van der Waals surface area contributed by atoms with Gasteiger partial charge in [-0.1, -0.05) is 35.0 Å². The number of imidazole rings is 1. The van der Waals surface area contributed by atoms with Gasteiger partial charge in [-0.05, 0) is 25.0 Å². The van der Waals surface area contributed by atoms with E-state index in [9.17, 15) is 21.6 Å². The number of rotatable bonds is 5. The van der Waals surface area contributed by atoms with Gasteiger partial charge in [-0.3, -0.25) is 0 Å². The number of sulfonamides is 1. The first-order valence-electron chi connectivity index (χ1n) is 8.74. The van der Waals surface area contributed by atoms with E-state index in [0.29, 0.717) is 18.8 Å². The summed E-state index contributed by atoms with van der Waals surface area (Å²) in [6.45, 7) is 15.5. The molecule has 0 N–H and O–H groups in total. The molecule has 14 heteroatoms. The molecule has 0 amide bonds. The van der Waals surface area contributed by atoms with E-state index >= 15 is 0 Å². The summed E-state index contributed by atoms with van der Waals surface area (Å²) in [4.78, 5) is 12.0. The maximum absolute atomic E-state index is 12.9. The molecule has 0 bridgehead atoms. The first-order chi connectivity index (χ1) is 14.6. The molecule has 162 valence electrons. The van der Waals surface area contributed by atoms with Crippen molar-refractivity contribution >= 4 is 44.7 Å². The largest absolute Gasteiger partial charge is 0.568 e. The van der Waals surface area contributed by atoms with E-state index in [0.717, 1.165) is 12.8 Å². The fourth-order valence-electron chi connectivity index (χ4n) is 2.88. The minimum Gasteiger partial charge on any atom is -0.568 e. The molecule has 0 unspecified atom stereocenters. The van der Waals surface area contributed by atoms with Crippen LogP contribution in [0.1, 0.15) is 12.8 Å². The van der Waals surface area contributed by atoms with Crippen molar-refractivity contribution in [2.24, 2.45) is 17.3 Å². The molecule has 1 aromatic heterocycles. The topological polar surface area (TPSA) is 103 Å². The van der Waals surface area contributed by atoms with Crippen molar-refractivity contribution in [2.75, 3.05) is 18.0 Å². The number of nitrogens with zero attached hydrogens (tertiary/aromatic N) is 8. The first-order valence-corrected chi connectivity index (χ1v) is 10.2. The molecule has 0 spiro atoms. The molecular formula is C17H14F3N8O2S-. The second-order valence-corrected chi connectivity index (χ2v) is 8.02. The SMILES string of the molecule is [C-]#[N+]c1nc(N=Nc2ccc(N3CCCC3)cc2[N-]S(=O)(=O)C(F)(F)F)n(C)c1[N+]#[C-]. The minimum absolute atomic E-state index is 0.0853. The molecule has 1 aliphatic rings. The summed E-state index contributed by atoms with van der Waals surface area (Å²) in [5, 5.41) is 7.56. The molecule has 0 radical (unpaired) electrons. The van der Waals surface area contributed by atoms with Crippen molar-refractivity contribution in [1.82, 2.24) is 9.55 Å². The highest BCUT2D eigenvalue weighted by Crippen LogP contribution is 2.42. The number of hydrogen-bond donors (Lipinski definition) is 0. The number of alkyl halides is 3. The minimum atomic E-state index is -5.81. The zero-order valence-electron chi connectivity index (χ0n) is 16.0. The van der Waals surface area contributed by atoms with Crippen LogP contribution in [0.3, 0.4) is 0 Å². The lowest BCUT2D eigenvalue weighted by Crippen LogP contribution is -2.21. The van der Waals surface area contributed by atoms with Crippen LogP contribution in [0.25, 0.3) is 14.4 Å². The Balaban J connectivity index is 2.03. The fraction of sp³-hybridized carbons (Fsp3) is 0.353. The van der Waals surface area contributed by atoms with E-state index in [2.05, 4.69) is 29.6 Å². The van der Waals surface area contributed by atoms with Gasteiger partial charge in [0.05, 0.1) is 12.7 Å². The predicted octanol–water partition coefficient (Wildman–Crippen LogP) is 5.39. The van der Waals surface area contributed by atoms with Gasteiger partial charge in [-0.15, -0.1) is 5.11 Å². The summed E-state index contributed by atoms with van der Waals surface area (Å²) in [5.41, 5.74) is -5.84. The molecule has 2 heterocycles. The number of anilines is 1. The summed E-state index contributed by atoms with van der Waals surface area (Å²) in [6.07, 6.45) is 1.81. The van der Waals surface area contributed by atoms with E-state index < -0.39 is 21.2 Å². The predicted molar refractivity (Wildman–Crippen MR) is 106 cm³/mol. The van der Waals surface area contributed by atoms with Crippen molar-refractivity contribution < 1.29 is 21.6 Å². The molecule has 0 aliphatic carbocycles. The third-order valence-electron chi connectivity index (χ3n) is 4.42. The van der Waals surface area contributed by atoms with Crippen LogP contribution >= 0.6 is 0 Å². The molecule has 2 aromatic rings. The molecule has 1 saturated heterocycles. The summed E-state index contributed by atoms with van der Waals surface area (Å²) in [6, 6.07) is 4.08. The lowest BCUT2D eigenvalue weighted by molar-refractivity contribution is -0.0425. The molecule has 31 heavy (non-hydrogen) atoms. The summed E-state index contributed by atoms with van der Waals surface area (Å²) >= 11 is 0. The van der Waals surface area contributed by atoms with Crippen LogP contribution in [0.15, 0.2) is 28.4 Å². The van der Waals surface area contributed by atoms with Crippen LogP contribution in [-0.4, -0.2) is 36.6 Å². The van der Waals surface area contributed by atoms with Crippen molar-refractivity contribution in [3.8, 4) is 0 Å². The zero-order valence-corrected chi connectivity index (χ0v) is 16.8. The van der Waals surface area contributed by atoms with Crippen molar-refractivity contribution in [3.63, 3.8) is 0 Å². The Hall–Kier alpha value is -3.65. The molecule has 0 atom stereocenters. The van der Waals surface area contributed by atoms with Crippen molar-refractivity contribution in [1.29, 1.82) is 0 Å². The average Bonchev–Trinajstić information content (AvgIpc) is 3.34. The van der Waals surface area contributed by atoms with Gasteiger partial charge in [0.1, 0.15) is 0 Å². The van der Waals surface area contributed by atoms with Gasteiger partial charge in [0.2, 0.25) is 0 Å². The van der Waals surface area contributed by atoms with Crippen LogP contribution in [0, 0.1) is 13.1 Å². The monoisotopic (exact) mass is 451 g/mol. The van der Waals surface area contributed by atoms with Crippen LogP contribution in [-0.2, 0) is 17.1 Å². The molecule has 3 rings (SSSR count). The Bertz CT molecular complexity index is 1220. The van der Waals surface area contributed by atoms with E-state index in [1.165, 1.54) is 23.7 Å². The Kier molecular flexibility index (Phi) is 5.85.